The standard InChI is InChI=1S/C30H58NO8P/c1-6-8-10-12-14-15-17-18-20-22-29(32)36-26-28(27-38-40(34,35)37-25-24-31(3,4)5)39-30(33)23-21-19-16-13-11-9-7-2/h7,28H,2,6,8-27H2,1,3-5H3/p+1/t28-/m1/s1. The van der Waals surface area contributed by atoms with Gasteiger partial charge in [0.1, 0.15) is 19.8 Å². The van der Waals surface area contributed by atoms with Crippen LogP contribution in [0, 0.1) is 0 Å². The number of rotatable bonds is 28. The van der Waals surface area contributed by atoms with Crippen molar-refractivity contribution in [3.05, 3.63) is 12.7 Å². The van der Waals surface area contributed by atoms with Crippen molar-refractivity contribution in [2.45, 2.75) is 122 Å². The molecular weight excluding hydrogens is 533 g/mol. The first-order chi connectivity index (χ1) is 19.0. The van der Waals surface area contributed by atoms with E-state index < -0.39 is 26.5 Å². The van der Waals surface area contributed by atoms with Crippen LogP contribution in [0.25, 0.3) is 0 Å². The lowest BCUT2D eigenvalue weighted by Crippen LogP contribution is -2.37. The number of likely N-dealkylation sites (N-methyl/N-ethyl adjacent to an activating group) is 1. The Morgan fingerprint density at radius 3 is 1.88 bits per heavy atom. The molecule has 236 valence electrons. The molecule has 0 aromatic carbocycles. The van der Waals surface area contributed by atoms with E-state index in [2.05, 4.69) is 13.5 Å². The minimum Gasteiger partial charge on any atom is -0.462 e. The fourth-order valence-electron chi connectivity index (χ4n) is 3.93. The molecule has 1 N–H and O–H groups in total. The Balaban J connectivity index is 4.53. The molecule has 1 unspecified atom stereocenters. The predicted octanol–water partition coefficient (Wildman–Crippen LogP) is 7.12. The van der Waals surface area contributed by atoms with Crippen LogP contribution in [0.4, 0.5) is 0 Å². The lowest BCUT2D eigenvalue weighted by atomic mass is 10.1. The Morgan fingerprint density at radius 1 is 0.800 bits per heavy atom. The van der Waals surface area contributed by atoms with Gasteiger partial charge in [0.25, 0.3) is 0 Å². The van der Waals surface area contributed by atoms with Crippen molar-refractivity contribution in [2.24, 2.45) is 0 Å². The third-order valence-corrected chi connectivity index (χ3v) is 7.43. The molecule has 0 heterocycles. The lowest BCUT2D eigenvalue weighted by molar-refractivity contribution is -0.870. The minimum absolute atomic E-state index is 0.0300. The van der Waals surface area contributed by atoms with Crippen molar-refractivity contribution in [3.63, 3.8) is 0 Å². The van der Waals surface area contributed by atoms with Crippen LogP contribution in [-0.2, 0) is 32.7 Å². The maximum Gasteiger partial charge on any atom is 0.472 e. The Kier molecular flexibility index (Phi) is 23.6. The first kappa shape index (κ1) is 38.8. The van der Waals surface area contributed by atoms with Crippen LogP contribution >= 0.6 is 7.82 Å². The normalized spacial score (nSPS) is 13.9. The summed E-state index contributed by atoms with van der Waals surface area (Å²) in [5.41, 5.74) is 0. The van der Waals surface area contributed by atoms with E-state index in [-0.39, 0.29) is 32.0 Å². The molecule has 0 fully saturated rings. The summed E-state index contributed by atoms with van der Waals surface area (Å²) < 4.78 is 33.8. The molecule has 0 radical (unpaired) electrons. The molecule has 40 heavy (non-hydrogen) atoms. The molecular formula is C30H59NO8P+. The number of phosphoric acid groups is 1. The van der Waals surface area contributed by atoms with Crippen LogP contribution in [0.3, 0.4) is 0 Å². The predicted molar refractivity (Wildman–Crippen MR) is 160 cm³/mol. The lowest BCUT2D eigenvalue weighted by Gasteiger charge is -2.24. The Bertz CT molecular complexity index is 710. The number of esters is 2. The summed E-state index contributed by atoms with van der Waals surface area (Å²) in [4.78, 5) is 34.7. The molecule has 9 nitrogen and oxygen atoms in total. The van der Waals surface area contributed by atoms with Crippen LogP contribution in [0.1, 0.15) is 116 Å². The molecule has 0 saturated heterocycles. The quantitative estimate of drug-likeness (QED) is 0.0336. The maximum absolute atomic E-state index is 12.4. The average molecular weight is 593 g/mol. The molecule has 0 amide bonds. The number of allylic oxidation sites excluding steroid dienone is 1. The second-order valence-electron chi connectivity index (χ2n) is 11.6. The Labute approximate surface area is 244 Å². The average Bonchev–Trinajstić information content (AvgIpc) is 2.88. The fraction of sp³-hybridized carbons (Fsp3) is 0.867. The number of hydrogen-bond acceptors (Lipinski definition) is 7. The van der Waals surface area contributed by atoms with E-state index >= 15 is 0 Å². The third kappa shape index (κ3) is 26.9. The van der Waals surface area contributed by atoms with E-state index in [9.17, 15) is 19.0 Å². The van der Waals surface area contributed by atoms with E-state index in [4.69, 9.17) is 18.5 Å². The highest BCUT2D eigenvalue weighted by Crippen LogP contribution is 2.43. The molecule has 0 aliphatic heterocycles. The number of hydrogen-bond donors (Lipinski definition) is 1. The number of carbonyl (C=O) groups is 2. The fourth-order valence-corrected chi connectivity index (χ4v) is 4.67. The van der Waals surface area contributed by atoms with Crippen LogP contribution in [0.5, 0.6) is 0 Å². The molecule has 0 aliphatic rings. The third-order valence-electron chi connectivity index (χ3n) is 6.44. The van der Waals surface area contributed by atoms with Gasteiger partial charge in [-0.25, -0.2) is 4.57 Å². The first-order valence-corrected chi connectivity index (χ1v) is 16.9. The minimum atomic E-state index is -4.35. The second kappa shape index (κ2) is 24.4. The molecule has 0 spiro atoms. The molecule has 0 saturated carbocycles. The SMILES string of the molecule is C=CCCCCCCCC(=O)O[C@H](COC(=O)CCCCCCCCCCC)COP(=O)(O)OCC[N+](C)(C)C. The maximum atomic E-state index is 12.4. The van der Waals surface area contributed by atoms with Gasteiger partial charge in [-0.1, -0.05) is 83.6 Å². The smallest absolute Gasteiger partial charge is 0.462 e. The van der Waals surface area contributed by atoms with Crippen molar-refractivity contribution < 1.29 is 42.1 Å². The number of quaternary nitrogens is 1. The van der Waals surface area contributed by atoms with Crippen molar-refractivity contribution in [2.75, 3.05) is 47.5 Å². The summed E-state index contributed by atoms with van der Waals surface area (Å²) in [6, 6.07) is 0. The van der Waals surface area contributed by atoms with Crippen molar-refractivity contribution in [1.29, 1.82) is 0 Å². The van der Waals surface area contributed by atoms with Crippen LogP contribution in [-0.4, -0.2) is 74.9 Å². The van der Waals surface area contributed by atoms with Gasteiger partial charge >= 0.3 is 19.8 Å². The van der Waals surface area contributed by atoms with E-state index in [1.165, 1.54) is 38.5 Å². The van der Waals surface area contributed by atoms with Crippen LogP contribution in [0.15, 0.2) is 12.7 Å². The molecule has 0 rings (SSSR count). The highest BCUT2D eigenvalue weighted by molar-refractivity contribution is 7.47. The van der Waals surface area contributed by atoms with Gasteiger partial charge in [0.2, 0.25) is 0 Å². The summed E-state index contributed by atoms with van der Waals surface area (Å²) in [5.74, 6) is -0.830. The first-order valence-electron chi connectivity index (χ1n) is 15.4. The zero-order chi connectivity index (χ0) is 30.1. The van der Waals surface area contributed by atoms with E-state index in [0.717, 1.165) is 51.4 Å². The van der Waals surface area contributed by atoms with Crippen LogP contribution < -0.4 is 0 Å². The zero-order valence-corrected chi connectivity index (χ0v) is 26.8. The van der Waals surface area contributed by atoms with Gasteiger partial charge in [-0.2, -0.15) is 0 Å². The van der Waals surface area contributed by atoms with Gasteiger partial charge in [-0.15, -0.1) is 6.58 Å². The van der Waals surface area contributed by atoms with Gasteiger partial charge in [0.15, 0.2) is 6.10 Å². The Hall–Kier alpha value is -1.25. The molecule has 10 heteroatoms. The number of nitrogens with zero attached hydrogens (tertiary/aromatic N) is 1. The van der Waals surface area contributed by atoms with Crippen molar-refractivity contribution in [3.8, 4) is 0 Å². The summed E-state index contributed by atoms with van der Waals surface area (Å²) in [6.45, 7) is 5.83. The summed E-state index contributed by atoms with van der Waals surface area (Å²) in [5, 5.41) is 0. The number of carbonyl (C=O) groups excluding carboxylic acids is 2. The monoisotopic (exact) mass is 592 g/mol. The highest BCUT2D eigenvalue weighted by atomic mass is 31.2. The van der Waals surface area contributed by atoms with Crippen molar-refractivity contribution >= 4 is 19.8 Å². The zero-order valence-electron chi connectivity index (χ0n) is 25.9. The summed E-state index contributed by atoms with van der Waals surface area (Å²) >= 11 is 0. The Morgan fingerprint density at radius 2 is 1.32 bits per heavy atom. The van der Waals surface area contributed by atoms with Crippen LogP contribution in [0.2, 0.25) is 0 Å². The molecule has 0 aromatic heterocycles. The van der Waals surface area contributed by atoms with Gasteiger partial charge in [-0.05, 0) is 25.7 Å². The van der Waals surface area contributed by atoms with Gasteiger partial charge < -0.3 is 18.9 Å². The molecule has 0 aliphatic carbocycles. The van der Waals surface area contributed by atoms with Gasteiger partial charge in [-0.3, -0.25) is 18.6 Å². The molecule has 0 bridgehead atoms. The molecule has 2 atom stereocenters. The topological polar surface area (TPSA) is 108 Å². The molecule has 0 aromatic rings. The van der Waals surface area contributed by atoms with E-state index in [1.54, 1.807) is 0 Å². The van der Waals surface area contributed by atoms with E-state index in [1.807, 2.05) is 27.2 Å². The van der Waals surface area contributed by atoms with E-state index in [0.29, 0.717) is 17.4 Å². The number of ether oxygens (including phenoxy) is 2. The largest absolute Gasteiger partial charge is 0.472 e. The summed E-state index contributed by atoms with van der Waals surface area (Å²) in [6.07, 6.45) is 17.6. The summed E-state index contributed by atoms with van der Waals surface area (Å²) in [7, 11) is 1.46. The second-order valence-corrected chi connectivity index (χ2v) is 13.0. The number of unbranched alkanes of at least 4 members (excludes halogenated alkanes) is 13. The highest BCUT2D eigenvalue weighted by Gasteiger charge is 2.27. The van der Waals surface area contributed by atoms with Crippen molar-refractivity contribution in [1.82, 2.24) is 0 Å². The van der Waals surface area contributed by atoms with Gasteiger partial charge in [0.05, 0.1) is 27.7 Å². The van der Waals surface area contributed by atoms with Gasteiger partial charge in [0, 0.05) is 12.8 Å². The number of phosphoric ester groups is 1.